The van der Waals surface area contributed by atoms with Crippen molar-refractivity contribution in [2.45, 2.75) is 32.7 Å². The van der Waals surface area contributed by atoms with E-state index in [9.17, 15) is 9.59 Å². The van der Waals surface area contributed by atoms with E-state index in [-0.39, 0.29) is 24.3 Å². The molecule has 0 spiro atoms. The maximum absolute atomic E-state index is 11.4. The lowest BCUT2D eigenvalue weighted by Gasteiger charge is -2.12. The van der Waals surface area contributed by atoms with E-state index in [1.54, 1.807) is 6.92 Å². The van der Waals surface area contributed by atoms with Gasteiger partial charge in [0.25, 0.3) is 0 Å². The molecule has 0 fully saturated rings. The van der Waals surface area contributed by atoms with Gasteiger partial charge in [-0.05, 0) is 13.3 Å². The lowest BCUT2D eigenvalue weighted by Crippen LogP contribution is -2.43. The Hall–Kier alpha value is -1.10. The number of ether oxygens (including phenoxy) is 1. The smallest absolute Gasteiger partial charge is 0.306 e. The van der Waals surface area contributed by atoms with Crippen LogP contribution in [0.25, 0.3) is 0 Å². The highest BCUT2D eigenvalue weighted by atomic mass is 16.5. The first kappa shape index (κ1) is 13.9. The van der Waals surface area contributed by atoms with Crippen LogP contribution < -0.4 is 10.6 Å². The van der Waals surface area contributed by atoms with Gasteiger partial charge in [0.05, 0.1) is 19.6 Å². The minimum absolute atomic E-state index is 0.0401. The van der Waals surface area contributed by atoms with Gasteiger partial charge in [0, 0.05) is 13.1 Å². The van der Waals surface area contributed by atoms with Crippen LogP contribution in [0.4, 0.5) is 0 Å². The highest BCUT2D eigenvalue weighted by Crippen LogP contribution is 1.86. The molecule has 15 heavy (non-hydrogen) atoms. The second-order valence-corrected chi connectivity index (χ2v) is 3.29. The summed E-state index contributed by atoms with van der Waals surface area (Å²) in [4.78, 5) is 22.1. The second kappa shape index (κ2) is 8.23. The number of methoxy groups -OCH3 is 1. The molecule has 1 amide bonds. The second-order valence-electron chi connectivity index (χ2n) is 3.29. The molecule has 0 rings (SSSR count). The average molecular weight is 216 g/mol. The third-order valence-corrected chi connectivity index (χ3v) is 1.95. The predicted octanol–water partition coefficient (Wildman–Crippen LogP) is 0.0538. The Morgan fingerprint density at radius 3 is 2.53 bits per heavy atom. The molecule has 0 aromatic carbocycles. The van der Waals surface area contributed by atoms with Gasteiger partial charge in [0.1, 0.15) is 0 Å². The Balaban J connectivity index is 3.59. The number of amides is 1. The molecule has 0 heterocycles. The Labute approximate surface area is 90.6 Å². The Morgan fingerprint density at radius 2 is 2.00 bits per heavy atom. The monoisotopic (exact) mass is 216 g/mol. The molecule has 0 aliphatic carbocycles. The van der Waals surface area contributed by atoms with Crippen LogP contribution in [0.15, 0.2) is 0 Å². The topological polar surface area (TPSA) is 67.4 Å². The van der Waals surface area contributed by atoms with Crippen LogP contribution in [-0.2, 0) is 14.3 Å². The lowest BCUT2D eigenvalue weighted by molar-refractivity contribution is -0.140. The molecule has 0 aromatic rings. The maximum Gasteiger partial charge on any atom is 0.306 e. The van der Waals surface area contributed by atoms with E-state index in [0.717, 1.165) is 6.42 Å². The highest BCUT2D eigenvalue weighted by Gasteiger charge is 2.11. The largest absolute Gasteiger partial charge is 0.469 e. The van der Waals surface area contributed by atoms with Crippen LogP contribution in [-0.4, -0.2) is 38.1 Å². The van der Waals surface area contributed by atoms with E-state index < -0.39 is 0 Å². The van der Waals surface area contributed by atoms with Crippen LogP contribution in [0.5, 0.6) is 0 Å². The van der Waals surface area contributed by atoms with Gasteiger partial charge in [-0.2, -0.15) is 0 Å². The van der Waals surface area contributed by atoms with Gasteiger partial charge in [0.2, 0.25) is 5.91 Å². The van der Waals surface area contributed by atoms with E-state index in [2.05, 4.69) is 15.4 Å². The highest BCUT2D eigenvalue weighted by molar-refractivity contribution is 5.81. The fraction of sp³-hybridized carbons (Fsp3) is 0.800. The summed E-state index contributed by atoms with van der Waals surface area (Å²) < 4.78 is 4.48. The Bertz CT molecular complexity index is 207. The molecule has 5 nitrogen and oxygen atoms in total. The summed E-state index contributed by atoms with van der Waals surface area (Å²) in [7, 11) is 1.35. The summed E-state index contributed by atoms with van der Waals surface area (Å²) in [5.74, 6) is -0.314. The lowest BCUT2D eigenvalue weighted by atomic mass is 10.3. The molecule has 0 aliphatic heterocycles. The molecule has 0 bridgehead atoms. The first-order valence-corrected chi connectivity index (χ1v) is 5.19. The van der Waals surface area contributed by atoms with Crippen molar-refractivity contribution in [2.75, 3.05) is 20.2 Å². The fourth-order valence-electron chi connectivity index (χ4n) is 0.987. The number of carbonyl (C=O) groups is 2. The molecule has 0 radical (unpaired) electrons. The molecule has 1 unspecified atom stereocenters. The molecule has 0 saturated carbocycles. The van der Waals surface area contributed by atoms with Crippen molar-refractivity contribution in [3.05, 3.63) is 0 Å². The van der Waals surface area contributed by atoms with Crippen molar-refractivity contribution in [3.8, 4) is 0 Å². The van der Waals surface area contributed by atoms with E-state index in [0.29, 0.717) is 13.1 Å². The first-order valence-electron chi connectivity index (χ1n) is 5.19. The summed E-state index contributed by atoms with van der Waals surface area (Å²) in [5, 5.41) is 5.71. The number of hydrogen-bond acceptors (Lipinski definition) is 4. The van der Waals surface area contributed by atoms with Gasteiger partial charge in [-0.25, -0.2) is 0 Å². The number of nitrogens with one attached hydrogen (secondary N) is 2. The molecular weight excluding hydrogens is 196 g/mol. The molecule has 88 valence electrons. The van der Waals surface area contributed by atoms with Crippen molar-refractivity contribution in [2.24, 2.45) is 0 Å². The zero-order valence-corrected chi connectivity index (χ0v) is 9.63. The summed E-state index contributed by atoms with van der Waals surface area (Å²) in [6.07, 6.45) is 1.20. The van der Waals surface area contributed by atoms with Crippen LogP contribution in [0.2, 0.25) is 0 Å². The average Bonchev–Trinajstić information content (AvgIpc) is 2.25. The molecule has 1 atom stereocenters. The predicted molar refractivity (Wildman–Crippen MR) is 57.4 cm³/mol. The molecule has 0 aromatic heterocycles. The number of hydrogen-bond donors (Lipinski definition) is 2. The van der Waals surface area contributed by atoms with E-state index in [1.165, 1.54) is 7.11 Å². The fourth-order valence-corrected chi connectivity index (χ4v) is 0.987. The third kappa shape index (κ3) is 6.90. The normalized spacial score (nSPS) is 11.9. The van der Waals surface area contributed by atoms with Gasteiger partial charge in [-0.3, -0.25) is 9.59 Å². The minimum atomic E-state index is -0.277. The molecule has 0 aliphatic rings. The van der Waals surface area contributed by atoms with Crippen LogP contribution >= 0.6 is 0 Å². The molecule has 0 saturated heterocycles. The summed E-state index contributed by atoms with van der Waals surface area (Å²) >= 11 is 0. The third-order valence-electron chi connectivity index (χ3n) is 1.95. The zero-order chi connectivity index (χ0) is 11.7. The summed E-state index contributed by atoms with van der Waals surface area (Å²) in [5.41, 5.74) is 0. The Kier molecular flexibility index (Phi) is 7.62. The van der Waals surface area contributed by atoms with Crippen LogP contribution in [0, 0.1) is 0 Å². The molecule has 2 N–H and O–H groups in total. The number of esters is 1. The van der Waals surface area contributed by atoms with E-state index in [1.807, 2.05) is 6.92 Å². The molecular formula is C10H20N2O3. The quantitative estimate of drug-likeness (QED) is 0.590. The van der Waals surface area contributed by atoms with Gasteiger partial charge < -0.3 is 15.4 Å². The maximum atomic E-state index is 11.4. The van der Waals surface area contributed by atoms with Gasteiger partial charge in [-0.1, -0.05) is 6.92 Å². The number of rotatable bonds is 7. The van der Waals surface area contributed by atoms with E-state index in [4.69, 9.17) is 0 Å². The summed E-state index contributed by atoms with van der Waals surface area (Å²) in [6.45, 7) is 4.90. The van der Waals surface area contributed by atoms with Crippen molar-refractivity contribution < 1.29 is 14.3 Å². The minimum Gasteiger partial charge on any atom is -0.469 e. The van der Waals surface area contributed by atoms with Gasteiger partial charge >= 0.3 is 5.97 Å². The SMILES string of the molecule is CCCNC(=O)C(C)NCCC(=O)OC. The molecule has 5 heteroatoms. The van der Waals surface area contributed by atoms with Crippen molar-refractivity contribution >= 4 is 11.9 Å². The Morgan fingerprint density at radius 1 is 1.33 bits per heavy atom. The zero-order valence-electron chi connectivity index (χ0n) is 9.63. The van der Waals surface area contributed by atoms with Crippen LogP contribution in [0.3, 0.4) is 0 Å². The summed E-state index contributed by atoms with van der Waals surface area (Å²) in [6, 6.07) is -0.277. The van der Waals surface area contributed by atoms with Crippen molar-refractivity contribution in [1.29, 1.82) is 0 Å². The standard InChI is InChI=1S/C10H20N2O3/c1-4-6-12-10(14)8(2)11-7-5-9(13)15-3/h8,11H,4-7H2,1-3H3,(H,12,14). The van der Waals surface area contributed by atoms with E-state index >= 15 is 0 Å². The van der Waals surface area contributed by atoms with Gasteiger partial charge in [-0.15, -0.1) is 0 Å². The number of carbonyl (C=O) groups excluding carboxylic acids is 2. The van der Waals surface area contributed by atoms with Gasteiger partial charge in [0.15, 0.2) is 0 Å². The first-order chi connectivity index (χ1) is 7.11. The van der Waals surface area contributed by atoms with Crippen LogP contribution in [0.1, 0.15) is 26.7 Å². The van der Waals surface area contributed by atoms with Crippen molar-refractivity contribution in [1.82, 2.24) is 10.6 Å². The van der Waals surface area contributed by atoms with Crippen molar-refractivity contribution in [3.63, 3.8) is 0 Å².